The molecule has 0 aromatic heterocycles. The van der Waals surface area contributed by atoms with Crippen LogP contribution in [0.2, 0.25) is 0 Å². The van der Waals surface area contributed by atoms with Gasteiger partial charge < -0.3 is 33.8 Å². The van der Waals surface area contributed by atoms with E-state index in [9.17, 15) is 43.2 Å². The summed E-state index contributed by atoms with van der Waals surface area (Å²) in [5.74, 6) is -2.25. The number of allylic oxidation sites excluding steroid dienone is 24. The Labute approximate surface area is 643 Å². The van der Waals surface area contributed by atoms with Crippen molar-refractivity contribution in [3.05, 3.63) is 146 Å². The smallest absolute Gasteiger partial charge is 0.462 e. The molecule has 0 saturated heterocycles. The molecule has 17 nitrogen and oxygen atoms in total. The third kappa shape index (κ3) is 77.1. The summed E-state index contributed by atoms with van der Waals surface area (Å²) in [5, 5.41) is 10.7. The van der Waals surface area contributed by atoms with Crippen LogP contribution in [0, 0.1) is 0 Å². The van der Waals surface area contributed by atoms with Gasteiger partial charge in [0.1, 0.15) is 19.3 Å². The Bertz CT molecular complexity index is 2580. The average Bonchev–Trinajstić information content (AvgIpc) is 0.909. The normalized spacial score (nSPS) is 14.6. The minimum Gasteiger partial charge on any atom is -0.462 e. The third-order valence-electron chi connectivity index (χ3n) is 16.8. The van der Waals surface area contributed by atoms with Crippen LogP contribution in [-0.4, -0.2) is 96.7 Å². The first-order valence-electron chi connectivity index (χ1n) is 41.1. The van der Waals surface area contributed by atoms with E-state index in [4.69, 9.17) is 37.0 Å². The number of rotatable bonds is 76. The van der Waals surface area contributed by atoms with Gasteiger partial charge in [-0.2, -0.15) is 0 Å². The highest BCUT2D eigenvalue weighted by Crippen LogP contribution is 2.45. The molecule has 106 heavy (non-hydrogen) atoms. The third-order valence-corrected chi connectivity index (χ3v) is 18.7. The first-order chi connectivity index (χ1) is 51.7. The predicted molar refractivity (Wildman–Crippen MR) is 436 cm³/mol. The summed E-state index contributed by atoms with van der Waals surface area (Å²) >= 11 is 0. The van der Waals surface area contributed by atoms with Gasteiger partial charge in [0.25, 0.3) is 0 Å². The van der Waals surface area contributed by atoms with Crippen LogP contribution < -0.4 is 0 Å². The van der Waals surface area contributed by atoms with E-state index < -0.39 is 97.5 Å². The highest BCUT2D eigenvalue weighted by atomic mass is 31.2. The van der Waals surface area contributed by atoms with Gasteiger partial charge in [-0.25, -0.2) is 9.13 Å². The highest BCUT2D eigenvalue weighted by Gasteiger charge is 2.30. The van der Waals surface area contributed by atoms with Crippen LogP contribution in [0.15, 0.2) is 146 Å². The van der Waals surface area contributed by atoms with Gasteiger partial charge in [-0.3, -0.25) is 37.3 Å². The molecule has 0 amide bonds. The fourth-order valence-corrected chi connectivity index (χ4v) is 12.2. The maximum atomic E-state index is 13.1. The molecule has 0 radical (unpaired) electrons. The summed E-state index contributed by atoms with van der Waals surface area (Å²) in [5.41, 5.74) is 0. The highest BCUT2D eigenvalue weighted by molar-refractivity contribution is 7.47. The summed E-state index contributed by atoms with van der Waals surface area (Å²) in [6, 6.07) is 0. The number of carbonyl (C=O) groups is 4. The first kappa shape index (κ1) is 101. The van der Waals surface area contributed by atoms with Gasteiger partial charge in [0, 0.05) is 25.7 Å². The van der Waals surface area contributed by atoms with Crippen LogP contribution >= 0.6 is 15.6 Å². The molecule has 3 N–H and O–H groups in total. The Kier molecular flexibility index (Phi) is 74.3. The van der Waals surface area contributed by atoms with Gasteiger partial charge in [-0.1, -0.05) is 302 Å². The number of phosphoric ester groups is 2. The molecule has 0 bridgehead atoms. The minimum absolute atomic E-state index is 0.0636. The zero-order chi connectivity index (χ0) is 77.4. The van der Waals surface area contributed by atoms with Crippen LogP contribution in [-0.2, 0) is 65.4 Å². The maximum absolute atomic E-state index is 13.1. The van der Waals surface area contributed by atoms with Crippen molar-refractivity contribution in [1.29, 1.82) is 0 Å². The van der Waals surface area contributed by atoms with Gasteiger partial charge in [0.2, 0.25) is 0 Å². The van der Waals surface area contributed by atoms with Crippen molar-refractivity contribution in [3.8, 4) is 0 Å². The van der Waals surface area contributed by atoms with Gasteiger partial charge in [-0.15, -0.1) is 0 Å². The molecule has 0 saturated carbocycles. The number of carbonyl (C=O) groups excluding carboxylic acids is 4. The lowest BCUT2D eigenvalue weighted by atomic mass is 10.0. The van der Waals surface area contributed by atoms with Gasteiger partial charge in [-0.05, 0) is 141 Å². The van der Waals surface area contributed by atoms with E-state index in [0.29, 0.717) is 25.7 Å². The maximum Gasteiger partial charge on any atom is 0.472 e. The molecule has 0 aliphatic rings. The lowest BCUT2D eigenvalue weighted by Gasteiger charge is -2.21. The Hall–Kier alpha value is -5.06. The molecular weight excluding hydrogens is 1380 g/mol. The second kappa shape index (κ2) is 78.1. The summed E-state index contributed by atoms with van der Waals surface area (Å²) < 4.78 is 68.7. The molecule has 19 heteroatoms. The van der Waals surface area contributed by atoms with Crippen molar-refractivity contribution in [2.45, 2.75) is 341 Å². The van der Waals surface area contributed by atoms with Crippen LogP contribution in [0.1, 0.15) is 323 Å². The number of unbranched alkanes of at least 4 members (excludes halogenated alkanes) is 26. The fourth-order valence-electron chi connectivity index (χ4n) is 10.7. The minimum atomic E-state index is -5.00. The molecule has 0 heterocycles. The van der Waals surface area contributed by atoms with Crippen LogP contribution in [0.25, 0.3) is 0 Å². The monoisotopic (exact) mass is 1530 g/mol. The molecular formula is C87H146O17P2. The molecule has 0 aliphatic carbocycles. The van der Waals surface area contributed by atoms with Crippen molar-refractivity contribution in [1.82, 2.24) is 0 Å². The molecule has 0 aromatic carbocycles. The molecule has 0 spiro atoms. The van der Waals surface area contributed by atoms with E-state index in [1.54, 1.807) is 0 Å². The van der Waals surface area contributed by atoms with Gasteiger partial charge >= 0.3 is 39.5 Å². The van der Waals surface area contributed by atoms with Crippen LogP contribution in [0.3, 0.4) is 0 Å². The number of esters is 4. The number of aliphatic hydroxyl groups is 1. The van der Waals surface area contributed by atoms with Crippen molar-refractivity contribution < 1.29 is 80.2 Å². The zero-order valence-electron chi connectivity index (χ0n) is 66.3. The number of hydrogen-bond donors (Lipinski definition) is 3. The van der Waals surface area contributed by atoms with E-state index in [-0.39, 0.29) is 25.7 Å². The van der Waals surface area contributed by atoms with Crippen molar-refractivity contribution in [2.75, 3.05) is 39.6 Å². The molecule has 5 atom stereocenters. The number of aliphatic hydroxyl groups excluding tert-OH is 1. The molecule has 0 fully saturated rings. The molecule has 5 unspecified atom stereocenters. The molecule has 606 valence electrons. The van der Waals surface area contributed by atoms with Crippen molar-refractivity contribution in [2.24, 2.45) is 0 Å². The number of ether oxygens (including phenoxy) is 4. The second-order valence-corrected chi connectivity index (χ2v) is 29.8. The largest absolute Gasteiger partial charge is 0.472 e. The Balaban J connectivity index is 5.43. The standard InChI is InChI=1S/C87H146O17P2/c1-5-9-13-17-21-25-29-33-37-39-40-42-46-48-52-56-60-64-68-72-85(90)98-78-83(104-87(92)74-70-66-62-58-54-50-44-36-32-28-24-20-16-12-8-4)80-102-106(95,96)100-76-81(88)75-99-105(93,94)101-79-82(103-86(91)73-69-65-61-57-53-49-43-35-31-27-23-19-15-11-7-3)77-97-84(89)71-67-63-59-55-51-47-45-41-38-34-30-26-22-18-14-10-6-2/h9-10,12-14,16,21-22,24-26,28,33-34,36-38,40,42,44-45,47-48,52,81-83,88H,5-8,11,15,17-20,23,27,29-32,35,39,41,43,46,49-51,53-80H2,1-4H3,(H,93,94)(H,95,96)/b13-9-,14-10-,16-12-,25-21-,26-22-,28-24-,37-33-,38-34-,42-40-,44-36-,47-45-,52-48-. The van der Waals surface area contributed by atoms with E-state index in [0.717, 1.165) is 180 Å². The average molecular weight is 1530 g/mol. The second-order valence-electron chi connectivity index (χ2n) is 26.9. The predicted octanol–water partition coefficient (Wildman–Crippen LogP) is 24.2. The van der Waals surface area contributed by atoms with E-state index in [2.05, 4.69) is 174 Å². The SMILES string of the molecule is CC/C=C\C/C=C\C/C=C\C/C=C\C/C=C\CCCCCC(=O)OCC(COP(=O)(O)OCC(O)COP(=O)(O)OCC(COC(=O)CCCCCC/C=C\C/C=C\C/C=C\C/C=C\CC)OC(=O)CCCCCCCCCCCCCCCCC)OC(=O)CCCCCCC/C=C\C/C=C\C/C=C\CC. The molecule has 0 aliphatic heterocycles. The number of phosphoric acid groups is 2. The van der Waals surface area contributed by atoms with E-state index in [1.165, 1.54) is 64.2 Å². The number of hydrogen-bond acceptors (Lipinski definition) is 15. The lowest BCUT2D eigenvalue weighted by Crippen LogP contribution is -2.30. The van der Waals surface area contributed by atoms with Crippen LogP contribution in [0.5, 0.6) is 0 Å². The van der Waals surface area contributed by atoms with Crippen molar-refractivity contribution in [3.63, 3.8) is 0 Å². The summed E-state index contributed by atoms with van der Waals surface area (Å²) in [6.07, 6.45) is 89.6. The quantitative estimate of drug-likeness (QED) is 0.0169. The van der Waals surface area contributed by atoms with Crippen LogP contribution in [0.4, 0.5) is 0 Å². The summed E-state index contributed by atoms with van der Waals surface area (Å²) in [7, 11) is -9.99. The molecule has 0 rings (SSSR count). The summed E-state index contributed by atoms with van der Waals surface area (Å²) in [6.45, 7) is 4.48. The Morgan fingerprint density at radius 3 is 0.764 bits per heavy atom. The lowest BCUT2D eigenvalue weighted by molar-refractivity contribution is -0.161. The summed E-state index contributed by atoms with van der Waals surface area (Å²) in [4.78, 5) is 73.1. The van der Waals surface area contributed by atoms with Gasteiger partial charge in [0.05, 0.1) is 26.4 Å². The topological polar surface area (TPSA) is 237 Å². The Morgan fingerprint density at radius 1 is 0.274 bits per heavy atom. The van der Waals surface area contributed by atoms with E-state index >= 15 is 0 Å². The van der Waals surface area contributed by atoms with Gasteiger partial charge in [0.15, 0.2) is 12.2 Å². The first-order valence-corrected chi connectivity index (χ1v) is 44.1. The Morgan fingerprint density at radius 2 is 0.491 bits per heavy atom. The van der Waals surface area contributed by atoms with Crippen molar-refractivity contribution >= 4 is 39.5 Å². The zero-order valence-corrected chi connectivity index (χ0v) is 68.1. The fraction of sp³-hybridized carbons (Fsp3) is 0.678. The molecule has 0 aromatic rings. The van der Waals surface area contributed by atoms with E-state index in [1.807, 2.05) is 0 Å².